The molecule has 0 saturated carbocycles. The van der Waals surface area contributed by atoms with Gasteiger partial charge in [0.05, 0.1) is 11.0 Å². The molecule has 0 amide bonds. The molecular weight excluding hydrogens is 406 g/mol. The van der Waals surface area contributed by atoms with Crippen molar-refractivity contribution in [2.45, 2.75) is 0 Å². The summed E-state index contributed by atoms with van der Waals surface area (Å²) in [6, 6.07) is 39.5. The van der Waals surface area contributed by atoms with Crippen LogP contribution in [0.4, 0.5) is 0 Å². The zero-order valence-electron chi connectivity index (χ0n) is 17.3. The number of hydrogen-bond acceptors (Lipinski definition) is 1. The van der Waals surface area contributed by atoms with Crippen molar-refractivity contribution in [1.82, 2.24) is 4.57 Å². The third kappa shape index (κ3) is 2.50. The summed E-state index contributed by atoms with van der Waals surface area (Å²) in [6.45, 7) is 0. The predicted octanol–water partition coefficient (Wildman–Crippen LogP) is 8.82. The Morgan fingerprint density at radius 2 is 1.31 bits per heavy atom. The number of aromatic nitrogens is 1. The summed E-state index contributed by atoms with van der Waals surface area (Å²) in [5, 5.41) is 8.88. The first kappa shape index (κ1) is 17.8. The first-order valence-electron chi connectivity index (χ1n) is 10.9. The van der Waals surface area contributed by atoms with Gasteiger partial charge >= 0.3 is 0 Å². The molecule has 5 aromatic carbocycles. The predicted molar refractivity (Wildman–Crippen MR) is 139 cm³/mol. The van der Waals surface area contributed by atoms with Gasteiger partial charge in [-0.2, -0.15) is 0 Å². The normalized spacial score (nSPS) is 11.8. The molecule has 2 heteroatoms. The van der Waals surface area contributed by atoms with Crippen LogP contribution in [0.3, 0.4) is 0 Å². The van der Waals surface area contributed by atoms with Crippen molar-refractivity contribution in [1.29, 1.82) is 0 Å². The minimum atomic E-state index is 1.19. The number of fused-ring (bicyclic) bond motifs is 6. The van der Waals surface area contributed by atoms with Crippen molar-refractivity contribution in [2.75, 3.05) is 0 Å². The van der Waals surface area contributed by atoms with Crippen molar-refractivity contribution in [2.24, 2.45) is 0 Å². The second-order valence-corrected chi connectivity index (χ2v) is 9.14. The third-order valence-corrected chi connectivity index (χ3v) is 7.41. The highest BCUT2D eigenvalue weighted by atomic mass is 32.1. The first-order chi connectivity index (χ1) is 15.9. The Bertz CT molecular complexity index is 1770. The number of rotatable bonds is 2. The molecule has 32 heavy (non-hydrogen) atoms. The van der Waals surface area contributed by atoms with E-state index in [9.17, 15) is 0 Å². The van der Waals surface area contributed by atoms with Crippen molar-refractivity contribution >= 4 is 54.0 Å². The van der Waals surface area contributed by atoms with Crippen LogP contribution in [0.15, 0.2) is 115 Å². The smallest absolute Gasteiger partial charge is 0.0541 e. The summed E-state index contributed by atoms with van der Waals surface area (Å²) in [7, 11) is 0. The van der Waals surface area contributed by atoms with Crippen molar-refractivity contribution in [3.63, 3.8) is 0 Å². The maximum absolute atomic E-state index is 2.38. The van der Waals surface area contributed by atoms with Gasteiger partial charge in [0.2, 0.25) is 0 Å². The zero-order chi connectivity index (χ0) is 21.1. The summed E-state index contributed by atoms with van der Waals surface area (Å²) in [4.78, 5) is 0. The minimum Gasteiger partial charge on any atom is -0.309 e. The van der Waals surface area contributed by atoms with Gasteiger partial charge in [0.15, 0.2) is 0 Å². The maximum atomic E-state index is 2.38. The van der Waals surface area contributed by atoms with Crippen LogP contribution in [0.25, 0.3) is 59.5 Å². The van der Waals surface area contributed by atoms with Crippen LogP contribution in [0.2, 0.25) is 0 Å². The molecule has 0 unspecified atom stereocenters. The van der Waals surface area contributed by atoms with E-state index < -0.39 is 0 Å². The van der Waals surface area contributed by atoms with E-state index in [-0.39, 0.29) is 0 Å². The molecule has 1 nitrogen and oxygen atoms in total. The average Bonchev–Trinajstić information content (AvgIpc) is 3.44. The van der Waals surface area contributed by atoms with E-state index in [0.29, 0.717) is 0 Å². The summed E-state index contributed by atoms with van der Waals surface area (Å²) in [5.41, 5.74) is 6.27. The molecule has 0 spiro atoms. The number of nitrogens with zero attached hydrogens (tertiary/aromatic N) is 1. The van der Waals surface area contributed by atoms with Crippen LogP contribution in [0, 0.1) is 0 Å². The topological polar surface area (TPSA) is 4.93 Å². The van der Waals surface area contributed by atoms with Crippen LogP contribution in [0.5, 0.6) is 0 Å². The van der Waals surface area contributed by atoms with Gasteiger partial charge in [-0.25, -0.2) is 0 Å². The highest BCUT2D eigenvalue weighted by Crippen LogP contribution is 2.41. The van der Waals surface area contributed by atoms with E-state index in [1.807, 2.05) is 11.3 Å². The lowest BCUT2D eigenvalue weighted by molar-refractivity contribution is 1.18. The fourth-order valence-corrected chi connectivity index (χ4v) is 6.00. The van der Waals surface area contributed by atoms with Gasteiger partial charge in [-0.05, 0) is 58.1 Å². The first-order valence-corrected chi connectivity index (χ1v) is 11.7. The van der Waals surface area contributed by atoms with E-state index in [2.05, 4.69) is 119 Å². The van der Waals surface area contributed by atoms with E-state index >= 15 is 0 Å². The molecule has 0 bridgehead atoms. The SMILES string of the molecule is c1ccc(-n2c3ccccc3c3cc(-c4csc5ccc6ccccc6c45)ccc32)cc1. The molecule has 2 heterocycles. The maximum Gasteiger partial charge on any atom is 0.0541 e. The van der Waals surface area contributed by atoms with E-state index in [1.165, 1.54) is 59.5 Å². The lowest BCUT2D eigenvalue weighted by Gasteiger charge is -2.08. The fraction of sp³-hybridized carbons (Fsp3) is 0. The molecule has 2 aromatic heterocycles. The van der Waals surface area contributed by atoms with E-state index in [1.54, 1.807) is 0 Å². The molecule has 0 radical (unpaired) electrons. The summed E-state index contributed by atoms with van der Waals surface area (Å²) < 4.78 is 3.71. The average molecular weight is 426 g/mol. The molecular formula is C30H19NS. The Hall–Kier alpha value is -3.88. The molecule has 0 N–H and O–H groups in total. The number of para-hydroxylation sites is 2. The van der Waals surface area contributed by atoms with E-state index in [4.69, 9.17) is 0 Å². The molecule has 0 aliphatic rings. The van der Waals surface area contributed by atoms with Gasteiger partial charge in [0, 0.05) is 32.1 Å². The van der Waals surface area contributed by atoms with Gasteiger partial charge in [-0.3, -0.25) is 0 Å². The van der Waals surface area contributed by atoms with Crippen LogP contribution in [0.1, 0.15) is 0 Å². The second-order valence-electron chi connectivity index (χ2n) is 8.23. The van der Waals surface area contributed by atoms with Crippen LogP contribution < -0.4 is 0 Å². The number of hydrogen-bond donors (Lipinski definition) is 0. The number of thiophene rings is 1. The molecule has 0 aliphatic carbocycles. The zero-order valence-corrected chi connectivity index (χ0v) is 18.1. The summed E-state index contributed by atoms with van der Waals surface area (Å²) >= 11 is 1.83. The van der Waals surface area contributed by atoms with Crippen molar-refractivity contribution in [3.8, 4) is 16.8 Å². The Balaban J connectivity index is 1.55. The Labute approximate surface area is 189 Å². The lowest BCUT2D eigenvalue weighted by Crippen LogP contribution is -1.92. The molecule has 0 aliphatic heterocycles. The molecule has 0 saturated heterocycles. The fourth-order valence-electron chi connectivity index (χ4n) is 5.02. The third-order valence-electron chi connectivity index (χ3n) is 6.46. The molecule has 0 fully saturated rings. The second kappa shape index (κ2) is 6.81. The molecule has 0 atom stereocenters. The Morgan fingerprint density at radius 3 is 2.22 bits per heavy atom. The Morgan fingerprint density at radius 1 is 0.562 bits per heavy atom. The van der Waals surface area contributed by atoms with Gasteiger partial charge in [-0.1, -0.05) is 72.8 Å². The van der Waals surface area contributed by atoms with Gasteiger partial charge in [-0.15, -0.1) is 11.3 Å². The number of benzene rings is 5. The van der Waals surface area contributed by atoms with Crippen molar-refractivity contribution in [3.05, 3.63) is 115 Å². The summed E-state index contributed by atoms with van der Waals surface area (Å²) in [6.07, 6.45) is 0. The van der Waals surface area contributed by atoms with Crippen LogP contribution >= 0.6 is 11.3 Å². The standard InChI is InChI=1S/C30H19NS/c1-2-9-22(10-3-1)31-27-13-7-6-12-24(27)25-18-21(14-16-28(25)31)26-19-32-29-17-15-20-8-4-5-11-23(20)30(26)29/h1-19H. The van der Waals surface area contributed by atoms with Crippen LogP contribution in [-0.4, -0.2) is 4.57 Å². The molecule has 150 valence electrons. The molecule has 7 rings (SSSR count). The largest absolute Gasteiger partial charge is 0.309 e. The minimum absolute atomic E-state index is 1.19. The van der Waals surface area contributed by atoms with Crippen molar-refractivity contribution < 1.29 is 0 Å². The van der Waals surface area contributed by atoms with E-state index in [0.717, 1.165) is 0 Å². The van der Waals surface area contributed by atoms with Gasteiger partial charge < -0.3 is 4.57 Å². The quantitative estimate of drug-likeness (QED) is 0.261. The highest BCUT2D eigenvalue weighted by molar-refractivity contribution is 7.18. The highest BCUT2D eigenvalue weighted by Gasteiger charge is 2.15. The Kier molecular flexibility index (Phi) is 3.78. The van der Waals surface area contributed by atoms with Crippen LogP contribution in [-0.2, 0) is 0 Å². The summed E-state index contributed by atoms with van der Waals surface area (Å²) in [5.74, 6) is 0. The lowest BCUT2D eigenvalue weighted by atomic mass is 9.98. The van der Waals surface area contributed by atoms with Gasteiger partial charge in [0.1, 0.15) is 0 Å². The monoisotopic (exact) mass is 425 g/mol. The van der Waals surface area contributed by atoms with Gasteiger partial charge in [0.25, 0.3) is 0 Å². The molecule has 7 aromatic rings.